The minimum Gasteiger partial charge on any atom is -0.385 e. The SMILES string of the molecule is COCCCC(=O)Nc1cccc(C(C)C)c1. The molecule has 1 rings (SSSR count). The third-order valence-electron chi connectivity index (χ3n) is 2.59. The number of hydrogen-bond acceptors (Lipinski definition) is 2. The standard InChI is InChI=1S/C14H21NO2/c1-11(2)12-6-4-7-13(10-12)15-14(16)8-5-9-17-3/h4,6-7,10-11H,5,8-9H2,1-3H3,(H,15,16). The summed E-state index contributed by atoms with van der Waals surface area (Å²) < 4.78 is 4.91. The number of ether oxygens (including phenoxy) is 1. The van der Waals surface area contributed by atoms with Gasteiger partial charge >= 0.3 is 0 Å². The Bertz CT molecular complexity index is 361. The zero-order valence-corrected chi connectivity index (χ0v) is 10.8. The highest BCUT2D eigenvalue weighted by Gasteiger charge is 2.04. The van der Waals surface area contributed by atoms with E-state index < -0.39 is 0 Å². The molecule has 17 heavy (non-hydrogen) atoms. The number of rotatable bonds is 6. The molecule has 0 fully saturated rings. The Morgan fingerprint density at radius 2 is 2.18 bits per heavy atom. The van der Waals surface area contributed by atoms with Gasteiger partial charge in [-0.25, -0.2) is 0 Å². The van der Waals surface area contributed by atoms with Crippen LogP contribution in [0.4, 0.5) is 5.69 Å². The molecule has 0 unspecified atom stereocenters. The van der Waals surface area contributed by atoms with Crippen molar-refractivity contribution in [3.8, 4) is 0 Å². The molecule has 0 saturated heterocycles. The molecule has 1 aromatic rings. The molecule has 3 heteroatoms. The summed E-state index contributed by atoms with van der Waals surface area (Å²) >= 11 is 0. The van der Waals surface area contributed by atoms with Crippen LogP contribution in [0.25, 0.3) is 0 Å². The van der Waals surface area contributed by atoms with Crippen molar-refractivity contribution in [2.75, 3.05) is 19.0 Å². The number of amides is 1. The lowest BCUT2D eigenvalue weighted by Crippen LogP contribution is -2.12. The van der Waals surface area contributed by atoms with Gasteiger partial charge in [0.1, 0.15) is 0 Å². The molecule has 0 aliphatic rings. The fourth-order valence-electron chi connectivity index (χ4n) is 1.58. The number of carbonyl (C=O) groups is 1. The van der Waals surface area contributed by atoms with Gasteiger partial charge in [0.05, 0.1) is 0 Å². The van der Waals surface area contributed by atoms with Gasteiger partial charge in [0.25, 0.3) is 0 Å². The molecule has 0 aliphatic heterocycles. The van der Waals surface area contributed by atoms with Gasteiger partial charge in [-0.1, -0.05) is 26.0 Å². The van der Waals surface area contributed by atoms with Gasteiger partial charge < -0.3 is 10.1 Å². The maximum Gasteiger partial charge on any atom is 0.224 e. The van der Waals surface area contributed by atoms with Crippen molar-refractivity contribution in [2.24, 2.45) is 0 Å². The van der Waals surface area contributed by atoms with Crippen LogP contribution in [0.2, 0.25) is 0 Å². The zero-order valence-electron chi connectivity index (χ0n) is 10.8. The third kappa shape index (κ3) is 5.00. The molecule has 0 radical (unpaired) electrons. The summed E-state index contributed by atoms with van der Waals surface area (Å²) in [5.74, 6) is 0.517. The largest absolute Gasteiger partial charge is 0.385 e. The summed E-state index contributed by atoms with van der Waals surface area (Å²) in [6.07, 6.45) is 1.26. The molecule has 1 N–H and O–H groups in total. The van der Waals surface area contributed by atoms with Crippen LogP contribution in [0.15, 0.2) is 24.3 Å². The van der Waals surface area contributed by atoms with Crippen LogP contribution < -0.4 is 5.32 Å². The molecular weight excluding hydrogens is 214 g/mol. The number of anilines is 1. The van der Waals surface area contributed by atoms with E-state index in [4.69, 9.17) is 4.74 Å². The second kappa shape index (κ2) is 7.07. The first-order chi connectivity index (χ1) is 8.13. The Labute approximate surface area is 103 Å². The summed E-state index contributed by atoms with van der Waals surface area (Å²) in [5, 5.41) is 2.90. The van der Waals surface area contributed by atoms with Crippen molar-refractivity contribution in [1.29, 1.82) is 0 Å². The Morgan fingerprint density at radius 1 is 1.41 bits per heavy atom. The van der Waals surface area contributed by atoms with E-state index in [9.17, 15) is 4.79 Å². The van der Waals surface area contributed by atoms with E-state index in [1.54, 1.807) is 7.11 Å². The maximum atomic E-state index is 11.6. The average molecular weight is 235 g/mol. The lowest BCUT2D eigenvalue weighted by Gasteiger charge is -2.09. The van der Waals surface area contributed by atoms with Crippen molar-refractivity contribution >= 4 is 11.6 Å². The minimum absolute atomic E-state index is 0.0444. The van der Waals surface area contributed by atoms with Crippen LogP contribution in [-0.4, -0.2) is 19.6 Å². The predicted octanol–water partition coefficient (Wildman–Crippen LogP) is 3.18. The van der Waals surface area contributed by atoms with Crippen LogP contribution in [0.5, 0.6) is 0 Å². The Morgan fingerprint density at radius 3 is 2.82 bits per heavy atom. The first-order valence-electron chi connectivity index (χ1n) is 6.02. The predicted molar refractivity (Wildman–Crippen MR) is 70.3 cm³/mol. The first kappa shape index (κ1) is 13.7. The van der Waals surface area contributed by atoms with E-state index in [0.29, 0.717) is 18.9 Å². The van der Waals surface area contributed by atoms with Crippen LogP contribution in [0, 0.1) is 0 Å². The topological polar surface area (TPSA) is 38.3 Å². The van der Waals surface area contributed by atoms with Crippen LogP contribution in [0.1, 0.15) is 38.2 Å². The summed E-state index contributed by atoms with van der Waals surface area (Å²) in [7, 11) is 1.64. The molecule has 0 aliphatic carbocycles. The van der Waals surface area contributed by atoms with Crippen LogP contribution in [0.3, 0.4) is 0 Å². The van der Waals surface area contributed by atoms with E-state index >= 15 is 0 Å². The van der Waals surface area contributed by atoms with Crippen molar-refractivity contribution in [2.45, 2.75) is 32.6 Å². The van der Waals surface area contributed by atoms with Crippen molar-refractivity contribution in [3.05, 3.63) is 29.8 Å². The molecule has 0 spiro atoms. The molecule has 0 aromatic heterocycles. The molecule has 0 bridgehead atoms. The quantitative estimate of drug-likeness (QED) is 0.769. The second-order valence-corrected chi connectivity index (χ2v) is 4.42. The highest BCUT2D eigenvalue weighted by molar-refractivity contribution is 5.90. The summed E-state index contributed by atoms with van der Waals surface area (Å²) in [5.41, 5.74) is 2.11. The Kier molecular flexibility index (Phi) is 5.70. The Hall–Kier alpha value is -1.35. The molecule has 3 nitrogen and oxygen atoms in total. The van der Waals surface area contributed by atoms with E-state index in [0.717, 1.165) is 12.1 Å². The molecule has 0 atom stereocenters. The Balaban J connectivity index is 2.50. The zero-order chi connectivity index (χ0) is 12.7. The van der Waals surface area contributed by atoms with Gasteiger partial charge in [-0.2, -0.15) is 0 Å². The molecule has 1 aromatic carbocycles. The summed E-state index contributed by atoms with van der Waals surface area (Å²) in [6.45, 7) is 4.90. The van der Waals surface area contributed by atoms with Crippen molar-refractivity contribution in [3.63, 3.8) is 0 Å². The van der Waals surface area contributed by atoms with E-state index in [2.05, 4.69) is 25.2 Å². The van der Waals surface area contributed by atoms with Gasteiger partial charge in [-0.15, -0.1) is 0 Å². The van der Waals surface area contributed by atoms with Gasteiger partial charge in [0, 0.05) is 25.8 Å². The van der Waals surface area contributed by atoms with Crippen LogP contribution in [-0.2, 0) is 9.53 Å². The monoisotopic (exact) mass is 235 g/mol. The first-order valence-corrected chi connectivity index (χ1v) is 6.02. The molecule has 0 saturated carbocycles. The van der Waals surface area contributed by atoms with Crippen molar-refractivity contribution in [1.82, 2.24) is 0 Å². The number of carbonyl (C=O) groups excluding carboxylic acids is 1. The fourth-order valence-corrected chi connectivity index (χ4v) is 1.58. The maximum absolute atomic E-state index is 11.6. The smallest absolute Gasteiger partial charge is 0.224 e. The summed E-state index contributed by atoms with van der Waals surface area (Å²) in [6, 6.07) is 7.99. The van der Waals surface area contributed by atoms with E-state index in [1.807, 2.05) is 18.2 Å². The molecular formula is C14H21NO2. The third-order valence-corrected chi connectivity index (χ3v) is 2.59. The average Bonchev–Trinajstić information content (AvgIpc) is 2.29. The van der Waals surface area contributed by atoms with Gasteiger partial charge in [0.2, 0.25) is 5.91 Å². The number of hydrogen-bond donors (Lipinski definition) is 1. The number of methoxy groups -OCH3 is 1. The minimum atomic E-state index is 0.0444. The van der Waals surface area contributed by atoms with E-state index in [1.165, 1.54) is 5.56 Å². The number of benzene rings is 1. The van der Waals surface area contributed by atoms with Gasteiger partial charge in [-0.05, 0) is 30.0 Å². The molecule has 1 amide bonds. The second-order valence-electron chi connectivity index (χ2n) is 4.42. The molecule has 94 valence electrons. The van der Waals surface area contributed by atoms with Gasteiger partial charge in [-0.3, -0.25) is 4.79 Å². The lowest BCUT2D eigenvalue weighted by atomic mass is 10.0. The fraction of sp³-hybridized carbons (Fsp3) is 0.500. The van der Waals surface area contributed by atoms with Crippen molar-refractivity contribution < 1.29 is 9.53 Å². The lowest BCUT2D eigenvalue weighted by molar-refractivity contribution is -0.116. The number of nitrogens with one attached hydrogen (secondary N) is 1. The molecule has 0 heterocycles. The van der Waals surface area contributed by atoms with E-state index in [-0.39, 0.29) is 5.91 Å². The normalized spacial score (nSPS) is 10.6. The van der Waals surface area contributed by atoms with Crippen LogP contribution >= 0.6 is 0 Å². The highest BCUT2D eigenvalue weighted by atomic mass is 16.5. The van der Waals surface area contributed by atoms with Gasteiger partial charge in [0.15, 0.2) is 0 Å². The summed E-state index contributed by atoms with van der Waals surface area (Å²) in [4.78, 5) is 11.6. The highest BCUT2D eigenvalue weighted by Crippen LogP contribution is 2.18.